The number of benzene rings is 1. The summed E-state index contributed by atoms with van der Waals surface area (Å²) in [4.78, 5) is 10.6. The molecule has 0 atom stereocenters. The number of furan rings is 1. The van der Waals surface area contributed by atoms with Crippen LogP contribution in [0.2, 0.25) is 0 Å². The van der Waals surface area contributed by atoms with Gasteiger partial charge < -0.3 is 14.6 Å². The fraction of sp³-hybridized carbons (Fsp3) is 0. The molecule has 0 unspecified atom stereocenters. The molecule has 0 bridgehead atoms. The van der Waals surface area contributed by atoms with E-state index >= 15 is 0 Å². The van der Waals surface area contributed by atoms with Crippen LogP contribution in [0.4, 0.5) is 0 Å². The van der Waals surface area contributed by atoms with E-state index in [1.165, 1.54) is 24.5 Å². The maximum absolute atomic E-state index is 10.6. The van der Waals surface area contributed by atoms with Crippen LogP contribution in [0, 0.1) is 0 Å². The summed E-state index contributed by atoms with van der Waals surface area (Å²) in [6.45, 7) is 0. The lowest BCUT2D eigenvalue weighted by atomic mass is 10.1. The third kappa shape index (κ3) is 1.83. The molecule has 0 saturated heterocycles. The first-order valence-electron chi connectivity index (χ1n) is 4.28. The van der Waals surface area contributed by atoms with E-state index in [0.717, 1.165) is 5.56 Å². The molecule has 0 spiro atoms. The average molecular weight is 204 g/mol. The number of carbonyl (C=O) groups is 1. The highest BCUT2D eigenvalue weighted by Gasteiger charge is 2.09. The van der Waals surface area contributed by atoms with Crippen LogP contribution < -0.4 is 0 Å². The Morgan fingerprint density at radius 3 is 2.33 bits per heavy atom. The molecular formula is C11H8O4. The Balaban J connectivity index is 2.37. The van der Waals surface area contributed by atoms with Gasteiger partial charge in [-0.05, 0) is 23.8 Å². The van der Waals surface area contributed by atoms with Crippen LogP contribution in [0.3, 0.4) is 0 Å². The summed E-state index contributed by atoms with van der Waals surface area (Å²) in [5.41, 5.74) is 1.47. The first-order valence-corrected chi connectivity index (χ1v) is 4.28. The summed E-state index contributed by atoms with van der Waals surface area (Å²) in [7, 11) is 0. The molecular weight excluding hydrogens is 196 g/mol. The fourth-order valence-electron chi connectivity index (χ4n) is 1.25. The van der Waals surface area contributed by atoms with Crippen LogP contribution in [0.5, 0.6) is 5.75 Å². The molecule has 0 radical (unpaired) electrons. The van der Waals surface area contributed by atoms with Crippen molar-refractivity contribution >= 4 is 5.97 Å². The third-order valence-electron chi connectivity index (χ3n) is 2.01. The summed E-state index contributed by atoms with van der Waals surface area (Å²) in [5, 5.41) is 17.7. The molecule has 1 aromatic heterocycles. The Bertz CT molecular complexity index is 482. The molecule has 1 aromatic carbocycles. The number of rotatable bonds is 2. The highest BCUT2D eigenvalue weighted by atomic mass is 16.4. The second kappa shape index (κ2) is 3.49. The average Bonchev–Trinajstić information content (AvgIpc) is 2.68. The van der Waals surface area contributed by atoms with Crippen molar-refractivity contribution in [2.24, 2.45) is 0 Å². The van der Waals surface area contributed by atoms with Crippen LogP contribution in [-0.4, -0.2) is 16.2 Å². The van der Waals surface area contributed by atoms with E-state index in [1.807, 2.05) is 0 Å². The van der Waals surface area contributed by atoms with Crippen molar-refractivity contribution in [1.82, 2.24) is 0 Å². The maximum atomic E-state index is 10.6. The minimum atomic E-state index is -1.10. The molecule has 0 aliphatic carbocycles. The van der Waals surface area contributed by atoms with Gasteiger partial charge in [0, 0.05) is 5.56 Å². The molecule has 0 saturated carbocycles. The van der Waals surface area contributed by atoms with Gasteiger partial charge in [0.15, 0.2) is 0 Å². The quantitative estimate of drug-likeness (QED) is 0.787. The van der Waals surface area contributed by atoms with Gasteiger partial charge in [-0.2, -0.15) is 0 Å². The van der Waals surface area contributed by atoms with Crippen LogP contribution in [0.1, 0.15) is 10.6 Å². The van der Waals surface area contributed by atoms with Crippen LogP contribution in [0.25, 0.3) is 11.1 Å². The minimum absolute atomic E-state index is 0.0990. The van der Waals surface area contributed by atoms with Gasteiger partial charge in [0.1, 0.15) is 5.75 Å². The predicted molar refractivity (Wildman–Crippen MR) is 52.8 cm³/mol. The van der Waals surface area contributed by atoms with Crippen molar-refractivity contribution in [2.75, 3.05) is 0 Å². The number of aromatic hydroxyl groups is 1. The normalized spacial score (nSPS) is 10.1. The SMILES string of the molecule is O=C(O)c1cc(-c2ccc(O)cc2)co1. The van der Waals surface area contributed by atoms with Crippen molar-refractivity contribution in [2.45, 2.75) is 0 Å². The monoisotopic (exact) mass is 204 g/mol. The topological polar surface area (TPSA) is 70.7 Å². The van der Waals surface area contributed by atoms with E-state index < -0.39 is 5.97 Å². The lowest BCUT2D eigenvalue weighted by Gasteiger charge is -1.95. The van der Waals surface area contributed by atoms with Gasteiger partial charge in [-0.25, -0.2) is 4.79 Å². The number of hydrogen-bond acceptors (Lipinski definition) is 3. The molecule has 0 amide bonds. The molecule has 2 N–H and O–H groups in total. The standard InChI is InChI=1S/C11H8O4/c12-9-3-1-7(2-4-9)8-5-10(11(13)14)15-6-8/h1-6,12H,(H,13,14). The maximum Gasteiger partial charge on any atom is 0.371 e. The number of hydrogen-bond donors (Lipinski definition) is 2. The minimum Gasteiger partial charge on any atom is -0.508 e. The Hall–Kier alpha value is -2.23. The Morgan fingerprint density at radius 2 is 1.80 bits per heavy atom. The van der Waals surface area contributed by atoms with Gasteiger partial charge in [-0.3, -0.25) is 0 Å². The number of carboxylic acids is 1. The van der Waals surface area contributed by atoms with E-state index in [1.54, 1.807) is 12.1 Å². The van der Waals surface area contributed by atoms with Crippen molar-refractivity contribution in [3.05, 3.63) is 42.4 Å². The summed E-state index contributed by atoms with van der Waals surface area (Å²) in [5.74, 6) is -1.03. The number of phenols is 1. The summed E-state index contributed by atoms with van der Waals surface area (Å²) in [6, 6.07) is 7.87. The molecule has 76 valence electrons. The first-order chi connectivity index (χ1) is 7.16. The van der Waals surface area contributed by atoms with Crippen LogP contribution in [-0.2, 0) is 0 Å². The zero-order valence-electron chi connectivity index (χ0n) is 7.68. The molecule has 0 aliphatic heterocycles. The van der Waals surface area contributed by atoms with Gasteiger partial charge in [0.05, 0.1) is 6.26 Å². The highest BCUT2D eigenvalue weighted by Crippen LogP contribution is 2.23. The molecule has 2 aromatic rings. The van der Waals surface area contributed by atoms with Gasteiger partial charge in [-0.1, -0.05) is 12.1 Å². The zero-order valence-corrected chi connectivity index (χ0v) is 7.68. The van der Waals surface area contributed by atoms with E-state index in [9.17, 15) is 4.79 Å². The van der Waals surface area contributed by atoms with E-state index in [4.69, 9.17) is 14.6 Å². The lowest BCUT2D eigenvalue weighted by molar-refractivity contribution is 0.0662. The first kappa shape index (κ1) is 9.33. The predicted octanol–water partition coefficient (Wildman–Crippen LogP) is 2.35. The van der Waals surface area contributed by atoms with Gasteiger partial charge in [-0.15, -0.1) is 0 Å². The van der Waals surface area contributed by atoms with E-state index in [0.29, 0.717) is 5.56 Å². The molecule has 0 aliphatic rings. The summed E-state index contributed by atoms with van der Waals surface area (Å²) in [6.07, 6.45) is 1.37. The molecule has 4 nitrogen and oxygen atoms in total. The second-order valence-corrected chi connectivity index (χ2v) is 3.05. The Labute approximate surface area is 85.4 Å². The van der Waals surface area contributed by atoms with Crippen molar-refractivity contribution < 1.29 is 19.4 Å². The largest absolute Gasteiger partial charge is 0.508 e. The van der Waals surface area contributed by atoms with E-state index in [-0.39, 0.29) is 11.5 Å². The smallest absolute Gasteiger partial charge is 0.371 e. The molecule has 4 heteroatoms. The fourth-order valence-corrected chi connectivity index (χ4v) is 1.25. The Morgan fingerprint density at radius 1 is 1.13 bits per heavy atom. The molecule has 2 rings (SSSR count). The Kier molecular flexibility index (Phi) is 2.17. The number of aromatic carboxylic acids is 1. The van der Waals surface area contributed by atoms with Gasteiger partial charge >= 0.3 is 5.97 Å². The van der Waals surface area contributed by atoms with Crippen molar-refractivity contribution in [3.63, 3.8) is 0 Å². The van der Waals surface area contributed by atoms with E-state index in [2.05, 4.69) is 0 Å². The third-order valence-corrected chi connectivity index (χ3v) is 2.01. The van der Waals surface area contributed by atoms with Crippen molar-refractivity contribution in [3.8, 4) is 16.9 Å². The second-order valence-electron chi connectivity index (χ2n) is 3.05. The lowest BCUT2D eigenvalue weighted by Crippen LogP contribution is -1.91. The van der Waals surface area contributed by atoms with Crippen molar-refractivity contribution in [1.29, 1.82) is 0 Å². The molecule has 15 heavy (non-hydrogen) atoms. The van der Waals surface area contributed by atoms with Gasteiger partial charge in [0.2, 0.25) is 5.76 Å². The number of phenolic OH excluding ortho intramolecular Hbond substituents is 1. The van der Waals surface area contributed by atoms with Crippen LogP contribution in [0.15, 0.2) is 41.0 Å². The molecule has 1 heterocycles. The summed E-state index contributed by atoms with van der Waals surface area (Å²) < 4.78 is 4.85. The summed E-state index contributed by atoms with van der Waals surface area (Å²) >= 11 is 0. The number of carboxylic acid groups (broad SMARTS) is 1. The zero-order chi connectivity index (χ0) is 10.8. The van der Waals surface area contributed by atoms with Gasteiger partial charge in [0.25, 0.3) is 0 Å². The van der Waals surface area contributed by atoms with Crippen LogP contribution >= 0.6 is 0 Å². The molecule has 0 fully saturated rings. The highest BCUT2D eigenvalue weighted by molar-refractivity contribution is 5.86.